The average molecular weight is 289 g/mol. The molecule has 102 valence electrons. The van der Waals surface area contributed by atoms with Crippen molar-refractivity contribution in [1.29, 1.82) is 0 Å². The Morgan fingerprint density at radius 2 is 1.83 bits per heavy atom. The summed E-state index contributed by atoms with van der Waals surface area (Å²) in [5, 5.41) is 0. The lowest BCUT2D eigenvalue weighted by atomic mass is 9.96. The summed E-state index contributed by atoms with van der Waals surface area (Å²) in [7, 11) is -2.86. The molecule has 0 radical (unpaired) electrons. The fourth-order valence-electron chi connectivity index (χ4n) is 1.87. The lowest BCUT2D eigenvalue weighted by Crippen LogP contribution is -2.10. The highest BCUT2D eigenvalue weighted by molar-refractivity contribution is 7.91. The highest BCUT2D eigenvalue weighted by Crippen LogP contribution is 2.23. The van der Waals surface area contributed by atoms with Gasteiger partial charge in [0.05, 0.1) is 5.75 Å². The van der Waals surface area contributed by atoms with Crippen LogP contribution in [0, 0.1) is 6.92 Å². The van der Waals surface area contributed by atoms with E-state index in [0.29, 0.717) is 12.3 Å². The molecule has 0 heterocycles. The second-order valence-electron chi connectivity index (χ2n) is 4.64. The molecule has 0 saturated heterocycles. The summed E-state index contributed by atoms with van der Waals surface area (Å²) >= 11 is 5.98. The van der Waals surface area contributed by atoms with Gasteiger partial charge in [-0.05, 0) is 31.2 Å². The van der Waals surface area contributed by atoms with Gasteiger partial charge in [-0.25, -0.2) is 8.42 Å². The molecule has 0 aromatic heterocycles. The summed E-state index contributed by atoms with van der Waals surface area (Å²) in [6.07, 6.45) is 1.51. The van der Waals surface area contributed by atoms with Crippen LogP contribution in [0.15, 0.2) is 24.3 Å². The van der Waals surface area contributed by atoms with Gasteiger partial charge in [0.25, 0.3) is 0 Å². The number of rotatable bonds is 7. The molecule has 0 saturated carbocycles. The normalized spacial score (nSPS) is 13.5. The van der Waals surface area contributed by atoms with Crippen molar-refractivity contribution in [3.8, 4) is 0 Å². The average Bonchev–Trinajstić information content (AvgIpc) is 2.36. The minimum atomic E-state index is -2.86. The van der Waals surface area contributed by atoms with Gasteiger partial charge >= 0.3 is 0 Å². The first kappa shape index (κ1) is 15.5. The van der Waals surface area contributed by atoms with Gasteiger partial charge < -0.3 is 0 Å². The molecule has 0 aliphatic rings. The van der Waals surface area contributed by atoms with Gasteiger partial charge in [-0.2, -0.15) is 0 Å². The number of alkyl halides is 1. The SMILES string of the molecule is CCS(=O)(=O)CCCC(CCl)c1ccc(C)cc1. The summed E-state index contributed by atoms with van der Waals surface area (Å²) in [6.45, 7) is 3.74. The number of hydrogen-bond acceptors (Lipinski definition) is 2. The van der Waals surface area contributed by atoms with Crippen molar-refractivity contribution in [1.82, 2.24) is 0 Å². The molecule has 1 unspecified atom stereocenters. The molecule has 18 heavy (non-hydrogen) atoms. The molecule has 0 aliphatic carbocycles. The highest BCUT2D eigenvalue weighted by Gasteiger charge is 2.13. The molecule has 1 aromatic carbocycles. The zero-order valence-electron chi connectivity index (χ0n) is 11.0. The molecule has 1 aromatic rings. The zero-order valence-corrected chi connectivity index (χ0v) is 12.6. The Labute approximate surface area is 115 Å². The molecule has 4 heteroatoms. The molecule has 0 aliphatic heterocycles. The van der Waals surface area contributed by atoms with E-state index in [1.54, 1.807) is 6.92 Å². The molecule has 2 nitrogen and oxygen atoms in total. The van der Waals surface area contributed by atoms with Crippen molar-refractivity contribution >= 4 is 21.4 Å². The Morgan fingerprint density at radius 1 is 1.22 bits per heavy atom. The van der Waals surface area contributed by atoms with Gasteiger partial charge in [0.1, 0.15) is 9.84 Å². The first-order valence-electron chi connectivity index (χ1n) is 6.31. The highest BCUT2D eigenvalue weighted by atomic mass is 35.5. The van der Waals surface area contributed by atoms with Crippen molar-refractivity contribution in [2.24, 2.45) is 0 Å². The monoisotopic (exact) mass is 288 g/mol. The van der Waals surface area contributed by atoms with E-state index in [1.165, 1.54) is 11.1 Å². The minimum Gasteiger partial charge on any atom is -0.229 e. The second kappa shape index (κ2) is 7.15. The lowest BCUT2D eigenvalue weighted by Gasteiger charge is -2.14. The number of benzene rings is 1. The summed E-state index contributed by atoms with van der Waals surface area (Å²) in [5.74, 6) is 1.28. The van der Waals surface area contributed by atoms with Crippen molar-refractivity contribution in [2.75, 3.05) is 17.4 Å². The molecule has 1 atom stereocenters. The quantitative estimate of drug-likeness (QED) is 0.719. The van der Waals surface area contributed by atoms with Crippen LogP contribution in [-0.2, 0) is 9.84 Å². The Hall–Kier alpha value is -0.540. The van der Waals surface area contributed by atoms with Crippen LogP contribution in [0.5, 0.6) is 0 Å². The van der Waals surface area contributed by atoms with Crippen molar-refractivity contribution in [3.05, 3.63) is 35.4 Å². The van der Waals surface area contributed by atoms with Crippen molar-refractivity contribution in [3.63, 3.8) is 0 Å². The van der Waals surface area contributed by atoms with Crippen molar-refractivity contribution in [2.45, 2.75) is 32.6 Å². The van der Waals surface area contributed by atoms with E-state index in [0.717, 1.165) is 6.42 Å². The van der Waals surface area contributed by atoms with Gasteiger partial charge in [0.2, 0.25) is 0 Å². The van der Waals surface area contributed by atoms with Crippen molar-refractivity contribution < 1.29 is 8.42 Å². The summed E-state index contributed by atoms with van der Waals surface area (Å²) in [5.41, 5.74) is 2.42. The van der Waals surface area contributed by atoms with Crippen LogP contribution in [0.1, 0.15) is 36.8 Å². The third-order valence-electron chi connectivity index (χ3n) is 3.18. The number of sulfone groups is 1. The van der Waals surface area contributed by atoms with Crippen LogP contribution in [0.25, 0.3) is 0 Å². The van der Waals surface area contributed by atoms with E-state index in [4.69, 9.17) is 11.6 Å². The van der Waals surface area contributed by atoms with E-state index in [2.05, 4.69) is 24.3 Å². The summed E-state index contributed by atoms with van der Waals surface area (Å²) in [4.78, 5) is 0. The number of halogens is 1. The van der Waals surface area contributed by atoms with E-state index in [1.807, 2.05) is 6.92 Å². The van der Waals surface area contributed by atoms with Gasteiger partial charge in [0, 0.05) is 11.6 Å². The van der Waals surface area contributed by atoms with Gasteiger partial charge in [-0.15, -0.1) is 11.6 Å². The molecule has 0 fully saturated rings. The molecule has 0 spiro atoms. The smallest absolute Gasteiger partial charge is 0.150 e. The van der Waals surface area contributed by atoms with Gasteiger partial charge in [-0.3, -0.25) is 0 Å². The Kier molecular flexibility index (Phi) is 6.16. The molecule has 0 N–H and O–H groups in total. The number of aryl methyl sites for hydroxylation is 1. The van der Waals surface area contributed by atoms with Crippen LogP contribution in [0.4, 0.5) is 0 Å². The first-order valence-corrected chi connectivity index (χ1v) is 8.67. The minimum absolute atomic E-state index is 0.225. The van der Waals surface area contributed by atoms with Gasteiger partial charge in [0.15, 0.2) is 0 Å². The predicted octanol–water partition coefficient (Wildman–Crippen LogP) is 3.53. The third-order valence-corrected chi connectivity index (χ3v) is 5.35. The van der Waals surface area contributed by atoms with Crippen LogP contribution in [0.2, 0.25) is 0 Å². The first-order chi connectivity index (χ1) is 8.48. The van der Waals surface area contributed by atoms with Crippen LogP contribution in [0.3, 0.4) is 0 Å². The van der Waals surface area contributed by atoms with E-state index in [9.17, 15) is 8.42 Å². The van der Waals surface area contributed by atoms with Gasteiger partial charge in [-0.1, -0.05) is 36.8 Å². The summed E-state index contributed by atoms with van der Waals surface area (Å²) < 4.78 is 22.8. The maximum Gasteiger partial charge on any atom is 0.150 e. The maximum absolute atomic E-state index is 11.4. The molecule has 0 amide bonds. The van der Waals surface area contributed by atoms with Crippen LogP contribution in [-0.4, -0.2) is 25.8 Å². The fourth-order valence-corrected chi connectivity index (χ4v) is 3.09. The molecular weight excluding hydrogens is 268 g/mol. The standard InChI is InChI=1S/C14H21ClO2S/c1-3-18(16,17)10-4-5-14(11-15)13-8-6-12(2)7-9-13/h6-9,14H,3-5,10-11H2,1-2H3. The zero-order chi connectivity index (χ0) is 13.6. The second-order valence-corrected chi connectivity index (χ2v) is 7.42. The molecule has 1 rings (SSSR count). The third kappa shape index (κ3) is 4.99. The fraction of sp³-hybridized carbons (Fsp3) is 0.571. The largest absolute Gasteiger partial charge is 0.229 e. The Morgan fingerprint density at radius 3 is 2.33 bits per heavy atom. The van der Waals surface area contributed by atoms with Crippen LogP contribution < -0.4 is 0 Å². The topological polar surface area (TPSA) is 34.1 Å². The Bertz CT molecular complexity index is 451. The molecular formula is C14H21ClO2S. The molecule has 0 bridgehead atoms. The van der Waals surface area contributed by atoms with E-state index < -0.39 is 9.84 Å². The number of hydrogen-bond donors (Lipinski definition) is 0. The predicted molar refractivity (Wildman–Crippen MR) is 78.2 cm³/mol. The van der Waals surface area contributed by atoms with E-state index in [-0.39, 0.29) is 17.4 Å². The summed E-state index contributed by atoms with van der Waals surface area (Å²) in [6, 6.07) is 8.29. The lowest BCUT2D eigenvalue weighted by molar-refractivity contribution is 0.587. The Balaban J connectivity index is 2.55. The van der Waals surface area contributed by atoms with Crippen LogP contribution >= 0.6 is 11.6 Å². The van der Waals surface area contributed by atoms with E-state index >= 15 is 0 Å². The maximum atomic E-state index is 11.4.